The van der Waals surface area contributed by atoms with Gasteiger partial charge in [-0.05, 0) is 25.0 Å². The molecule has 0 saturated heterocycles. The van der Waals surface area contributed by atoms with Gasteiger partial charge in [0.1, 0.15) is 0 Å². The first-order valence-corrected chi connectivity index (χ1v) is 6.25. The van der Waals surface area contributed by atoms with Crippen LogP contribution in [0.3, 0.4) is 0 Å². The summed E-state index contributed by atoms with van der Waals surface area (Å²) in [5.41, 5.74) is 8.58. The average Bonchev–Trinajstić information content (AvgIpc) is 2.29. The summed E-state index contributed by atoms with van der Waals surface area (Å²) in [5.74, 6) is 0.0541. The van der Waals surface area contributed by atoms with Crippen LogP contribution in [0.25, 0.3) is 0 Å². The van der Waals surface area contributed by atoms with Crippen LogP contribution in [0.1, 0.15) is 37.3 Å². The van der Waals surface area contributed by atoms with E-state index in [-0.39, 0.29) is 5.91 Å². The zero-order valence-electron chi connectivity index (χ0n) is 10.8. The predicted molar refractivity (Wildman–Crippen MR) is 71.8 cm³/mol. The zero-order valence-corrected chi connectivity index (χ0v) is 10.8. The molecular formula is C14H22N2O. The fourth-order valence-corrected chi connectivity index (χ4v) is 1.73. The van der Waals surface area contributed by atoms with Gasteiger partial charge < -0.3 is 11.1 Å². The molecule has 0 aliphatic heterocycles. The molecule has 0 aliphatic carbocycles. The van der Waals surface area contributed by atoms with Gasteiger partial charge in [0.25, 0.3) is 0 Å². The number of carbonyl (C=O) groups is 1. The van der Waals surface area contributed by atoms with E-state index in [1.54, 1.807) is 0 Å². The maximum absolute atomic E-state index is 11.7. The fourth-order valence-electron chi connectivity index (χ4n) is 1.73. The molecule has 17 heavy (non-hydrogen) atoms. The van der Waals surface area contributed by atoms with Crippen molar-refractivity contribution in [2.75, 3.05) is 12.3 Å². The second-order valence-electron chi connectivity index (χ2n) is 4.44. The third kappa shape index (κ3) is 4.89. The number of unbranched alkanes of at least 4 members (excludes halogenated alkanes) is 2. The van der Waals surface area contributed by atoms with Crippen molar-refractivity contribution in [1.29, 1.82) is 0 Å². The average molecular weight is 234 g/mol. The van der Waals surface area contributed by atoms with Crippen LogP contribution < -0.4 is 11.1 Å². The molecule has 1 rings (SSSR count). The van der Waals surface area contributed by atoms with E-state index in [4.69, 9.17) is 5.73 Å². The molecule has 3 N–H and O–H groups in total. The molecule has 0 fully saturated rings. The number of rotatable bonds is 6. The van der Waals surface area contributed by atoms with Crippen LogP contribution in [0, 0.1) is 6.92 Å². The van der Waals surface area contributed by atoms with Crippen LogP contribution in [-0.4, -0.2) is 12.5 Å². The summed E-state index contributed by atoms with van der Waals surface area (Å²) in [4.78, 5) is 11.7. The number of benzene rings is 1. The van der Waals surface area contributed by atoms with E-state index >= 15 is 0 Å². The Labute approximate surface area is 103 Å². The highest BCUT2D eigenvalue weighted by Gasteiger charge is 2.06. The van der Waals surface area contributed by atoms with Gasteiger partial charge in [-0.3, -0.25) is 4.79 Å². The van der Waals surface area contributed by atoms with Crippen LogP contribution in [0.15, 0.2) is 18.2 Å². The van der Waals surface area contributed by atoms with E-state index in [2.05, 4.69) is 12.2 Å². The number of hydrogen-bond donors (Lipinski definition) is 2. The Kier molecular flexibility index (Phi) is 5.53. The van der Waals surface area contributed by atoms with Crippen LogP contribution in [0.4, 0.5) is 5.69 Å². The van der Waals surface area contributed by atoms with Gasteiger partial charge in [0, 0.05) is 12.2 Å². The molecule has 3 heteroatoms. The molecule has 0 unspecified atom stereocenters. The molecule has 1 aromatic carbocycles. The Balaban J connectivity index is 2.42. The second kappa shape index (κ2) is 6.94. The maximum atomic E-state index is 11.7. The quantitative estimate of drug-likeness (QED) is 0.586. The highest BCUT2D eigenvalue weighted by atomic mass is 16.1. The number of hydrogen-bond acceptors (Lipinski definition) is 2. The third-order valence-electron chi connectivity index (χ3n) is 2.75. The van der Waals surface area contributed by atoms with E-state index in [0.29, 0.717) is 12.1 Å². The fraction of sp³-hybridized carbons (Fsp3) is 0.500. The molecule has 1 amide bonds. The van der Waals surface area contributed by atoms with Crippen molar-refractivity contribution in [3.05, 3.63) is 29.3 Å². The summed E-state index contributed by atoms with van der Waals surface area (Å²) in [6.07, 6.45) is 3.75. The van der Waals surface area contributed by atoms with Gasteiger partial charge in [0.2, 0.25) is 5.91 Å². The molecule has 0 atom stereocenters. The monoisotopic (exact) mass is 234 g/mol. The first-order valence-electron chi connectivity index (χ1n) is 6.25. The van der Waals surface area contributed by atoms with Gasteiger partial charge in [-0.2, -0.15) is 0 Å². The third-order valence-corrected chi connectivity index (χ3v) is 2.75. The minimum Gasteiger partial charge on any atom is -0.398 e. The van der Waals surface area contributed by atoms with Crippen molar-refractivity contribution < 1.29 is 4.79 Å². The Morgan fingerprint density at radius 1 is 1.35 bits per heavy atom. The summed E-state index contributed by atoms with van der Waals surface area (Å²) in [6, 6.07) is 5.79. The highest BCUT2D eigenvalue weighted by molar-refractivity contribution is 5.80. The molecular weight excluding hydrogens is 212 g/mol. The van der Waals surface area contributed by atoms with Crippen molar-refractivity contribution in [1.82, 2.24) is 5.32 Å². The van der Waals surface area contributed by atoms with E-state index in [1.807, 2.05) is 25.1 Å². The van der Waals surface area contributed by atoms with Crippen molar-refractivity contribution in [3.8, 4) is 0 Å². The summed E-state index contributed by atoms with van der Waals surface area (Å²) in [6.45, 7) is 4.91. The van der Waals surface area contributed by atoms with Gasteiger partial charge in [0.15, 0.2) is 0 Å². The van der Waals surface area contributed by atoms with Gasteiger partial charge >= 0.3 is 0 Å². The van der Waals surface area contributed by atoms with E-state index < -0.39 is 0 Å². The molecule has 0 aliphatic rings. The molecule has 1 aromatic rings. The number of nitrogen functional groups attached to an aromatic ring is 1. The highest BCUT2D eigenvalue weighted by Crippen LogP contribution is 2.14. The lowest BCUT2D eigenvalue weighted by molar-refractivity contribution is -0.120. The van der Waals surface area contributed by atoms with Crippen LogP contribution >= 0.6 is 0 Å². The summed E-state index contributed by atoms with van der Waals surface area (Å²) in [5, 5.41) is 2.92. The Morgan fingerprint density at radius 3 is 2.82 bits per heavy atom. The summed E-state index contributed by atoms with van der Waals surface area (Å²) in [7, 11) is 0. The van der Waals surface area contributed by atoms with E-state index in [0.717, 1.165) is 30.5 Å². The van der Waals surface area contributed by atoms with Gasteiger partial charge in [-0.25, -0.2) is 0 Å². The summed E-state index contributed by atoms with van der Waals surface area (Å²) >= 11 is 0. The predicted octanol–water partition coefficient (Wildman–Crippen LogP) is 2.43. The Morgan fingerprint density at radius 2 is 2.12 bits per heavy atom. The number of amides is 1. The Bertz CT molecular complexity index is 374. The molecule has 3 nitrogen and oxygen atoms in total. The lowest BCUT2D eigenvalue weighted by atomic mass is 10.1. The molecule has 0 radical (unpaired) electrons. The SMILES string of the molecule is CCCCCNC(=O)Cc1cc(C)ccc1N. The lowest BCUT2D eigenvalue weighted by Crippen LogP contribution is -2.26. The van der Waals surface area contributed by atoms with Gasteiger partial charge in [-0.1, -0.05) is 37.5 Å². The lowest BCUT2D eigenvalue weighted by Gasteiger charge is -2.08. The zero-order chi connectivity index (χ0) is 12.7. The van der Waals surface area contributed by atoms with Gasteiger partial charge in [-0.15, -0.1) is 0 Å². The minimum atomic E-state index is 0.0541. The first kappa shape index (κ1) is 13.6. The second-order valence-corrected chi connectivity index (χ2v) is 4.44. The number of nitrogens with one attached hydrogen (secondary N) is 1. The standard InChI is InChI=1S/C14H22N2O/c1-3-4-5-8-16-14(17)10-12-9-11(2)6-7-13(12)15/h6-7,9H,3-5,8,10,15H2,1-2H3,(H,16,17). The first-order chi connectivity index (χ1) is 8.13. The Hall–Kier alpha value is -1.51. The van der Waals surface area contributed by atoms with Crippen LogP contribution in [0.5, 0.6) is 0 Å². The van der Waals surface area contributed by atoms with E-state index in [9.17, 15) is 4.79 Å². The van der Waals surface area contributed by atoms with Crippen molar-refractivity contribution in [2.24, 2.45) is 0 Å². The number of nitrogens with two attached hydrogens (primary N) is 1. The number of anilines is 1. The smallest absolute Gasteiger partial charge is 0.224 e. The minimum absolute atomic E-state index is 0.0541. The maximum Gasteiger partial charge on any atom is 0.224 e. The normalized spacial score (nSPS) is 10.2. The topological polar surface area (TPSA) is 55.1 Å². The molecule has 0 bridgehead atoms. The molecule has 0 heterocycles. The molecule has 0 spiro atoms. The molecule has 94 valence electrons. The number of carbonyl (C=O) groups excluding carboxylic acids is 1. The van der Waals surface area contributed by atoms with Crippen LogP contribution in [0.2, 0.25) is 0 Å². The van der Waals surface area contributed by atoms with Gasteiger partial charge in [0.05, 0.1) is 6.42 Å². The van der Waals surface area contributed by atoms with Crippen molar-refractivity contribution in [3.63, 3.8) is 0 Å². The summed E-state index contributed by atoms with van der Waals surface area (Å²) < 4.78 is 0. The van der Waals surface area contributed by atoms with E-state index in [1.165, 1.54) is 6.42 Å². The molecule has 0 aromatic heterocycles. The number of aryl methyl sites for hydroxylation is 1. The van der Waals surface area contributed by atoms with Crippen molar-refractivity contribution >= 4 is 11.6 Å². The largest absolute Gasteiger partial charge is 0.398 e. The molecule has 0 saturated carbocycles. The van der Waals surface area contributed by atoms with Crippen LogP contribution in [-0.2, 0) is 11.2 Å². The van der Waals surface area contributed by atoms with Crippen molar-refractivity contribution in [2.45, 2.75) is 39.5 Å².